The average Bonchev–Trinajstić information content (AvgIpc) is 3.05. The minimum Gasteiger partial charge on any atom is -0.448 e. The van der Waals surface area contributed by atoms with Gasteiger partial charge in [-0.3, -0.25) is 4.79 Å². The summed E-state index contributed by atoms with van der Waals surface area (Å²) in [6.45, 7) is 4.00. The summed E-state index contributed by atoms with van der Waals surface area (Å²) in [5, 5.41) is 3.79. The monoisotopic (exact) mass is 353 g/mol. The topological polar surface area (TPSA) is 55.4 Å². The smallest absolute Gasteiger partial charge is 0.349 e. The number of thiophene rings is 1. The minimum absolute atomic E-state index is 0.310. The van der Waals surface area contributed by atoms with Crippen LogP contribution in [0.2, 0.25) is 0 Å². The summed E-state index contributed by atoms with van der Waals surface area (Å²) in [4.78, 5) is 24.9. The Bertz CT molecular complexity index is 866. The number of carbonyl (C=O) groups is 2. The zero-order valence-corrected chi connectivity index (χ0v) is 14.9. The maximum absolute atomic E-state index is 12.2. The van der Waals surface area contributed by atoms with Crippen molar-refractivity contribution in [2.75, 3.05) is 0 Å². The van der Waals surface area contributed by atoms with Crippen LogP contribution >= 0.6 is 11.3 Å². The predicted octanol–water partition coefficient (Wildman–Crippen LogP) is 4.07. The van der Waals surface area contributed by atoms with Crippen LogP contribution in [-0.4, -0.2) is 18.0 Å². The zero-order chi connectivity index (χ0) is 17.8. The molecule has 1 heterocycles. The summed E-state index contributed by atoms with van der Waals surface area (Å²) in [5.41, 5.74) is 2.17. The molecule has 0 unspecified atom stereocenters. The lowest BCUT2D eigenvalue weighted by Gasteiger charge is -2.13. The van der Waals surface area contributed by atoms with Crippen LogP contribution in [0.15, 0.2) is 54.6 Å². The number of fused-ring (bicyclic) bond motifs is 1. The number of hydrogen-bond donors (Lipinski definition) is 1. The van der Waals surface area contributed by atoms with Crippen molar-refractivity contribution in [3.63, 3.8) is 0 Å². The molecule has 2 aromatic carbocycles. The van der Waals surface area contributed by atoms with E-state index in [1.54, 1.807) is 13.0 Å². The van der Waals surface area contributed by atoms with E-state index in [0.29, 0.717) is 11.4 Å². The molecule has 1 N–H and O–H groups in total. The Kier molecular flexibility index (Phi) is 5.14. The van der Waals surface area contributed by atoms with Gasteiger partial charge in [-0.2, -0.15) is 0 Å². The summed E-state index contributed by atoms with van der Waals surface area (Å²) in [6, 6.07) is 17.4. The highest BCUT2D eigenvalue weighted by Crippen LogP contribution is 2.26. The van der Waals surface area contributed by atoms with Gasteiger partial charge in [0.25, 0.3) is 5.91 Å². The van der Waals surface area contributed by atoms with Crippen molar-refractivity contribution in [2.45, 2.75) is 26.5 Å². The lowest BCUT2D eigenvalue weighted by atomic mass is 10.1. The standard InChI is InChI=1S/C20H19NO3S/c1-13-7-9-15(10-8-13)12-21-19(22)14(2)24-20(23)18-11-16-5-3-4-6-17(16)25-18/h3-11,14H,12H2,1-2H3,(H,21,22)/t14-/m1/s1. The van der Waals surface area contributed by atoms with Crippen LogP contribution in [0.1, 0.15) is 27.7 Å². The summed E-state index contributed by atoms with van der Waals surface area (Å²) >= 11 is 1.36. The summed E-state index contributed by atoms with van der Waals surface area (Å²) in [5.74, 6) is -0.783. The first kappa shape index (κ1) is 17.2. The van der Waals surface area contributed by atoms with Crippen LogP contribution in [0.4, 0.5) is 0 Å². The molecular weight excluding hydrogens is 334 g/mol. The van der Waals surface area contributed by atoms with Crippen LogP contribution in [0.3, 0.4) is 0 Å². The molecule has 0 radical (unpaired) electrons. The van der Waals surface area contributed by atoms with E-state index >= 15 is 0 Å². The fraction of sp³-hybridized carbons (Fsp3) is 0.200. The first-order valence-electron chi connectivity index (χ1n) is 8.06. The highest BCUT2D eigenvalue weighted by molar-refractivity contribution is 7.20. The summed E-state index contributed by atoms with van der Waals surface area (Å²) in [7, 11) is 0. The SMILES string of the molecule is Cc1ccc(CNC(=O)[C@@H](C)OC(=O)c2cc3ccccc3s2)cc1. The van der Waals surface area contributed by atoms with E-state index in [9.17, 15) is 9.59 Å². The van der Waals surface area contributed by atoms with Gasteiger partial charge in [0.2, 0.25) is 0 Å². The average molecular weight is 353 g/mol. The van der Waals surface area contributed by atoms with E-state index in [2.05, 4.69) is 5.32 Å². The van der Waals surface area contributed by atoms with Crippen molar-refractivity contribution in [1.82, 2.24) is 5.32 Å². The van der Waals surface area contributed by atoms with Gasteiger partial charge in [0, 0.05) is 11.2 Å². The molecule has 128 valence electrons. The van der Waals surface area contributed by atoms with Crippen molar-refractivity contribution < 1.29 is 14.3 Å². The van der Waals surface area contributed by atoms with Crippen LogP contribution in [0.25, 0.3) is 10.1 Å². The number of carbonyl (C=O) groups excluding carboxylic acids is 2. The third-order valence-electron chi connectivity index (χ3n) is 3.87. The first-order chi connectivity index (χ1) is 12.0. The second kappa shape index (κ2) is 7.49. The molecule has 25 heavy (non-hydrogen) atoms. The van der Waals surface area contributed by atoms with E-state index in [4.69, 9.17) is 4.74 Å². The molecule has 0 fully saturated rings. The van der Waals surface area contributed by atoms with E-state index in [-0.39, 0.29) is 5.91 Å². The number of esters is 1. The molecule has 1 amide bonds. The van der Waals surface area contributed by atoms with Gasteiger partial charge >= 0.3 is 5.97 Å². The summed E-state index contributed by atoms with van der Waals surface area (Å²) < 4.78 is 6.31. The van der Waals surface area contributed by atoms with Crippen molar-refractivity contribution in [3.8, 4) is 0 Å². The molecule has 0 bridgehead atoms. The van der Waals surface area contributed by atoms with Crippen molar-refractivity contribution in [3.05, 3.63) is 70.6 Å². The van der Waals surface area contributed by atoms with Crippen molar-refractivity contribution in [2.24, 2.45) is 0 Å². The quantitative estimate of drug-likeness (QED) is 0.704. The molecule has 0 saturated heterocycles. The molecule has 0 saturated carbocycles. The second-order valence-electron chi connectivity index (χ2n) is 5.90. The van der Waals surface area contributed by atoms with E-state index in [1.165, 1.54) is 16.9 Å². The number of ether oxygens (including phenoxy) is 1. The summed E-state index contributed by atoms with van der Waals surface area (Å²) in [6.07, 6.45) is -0.844. The maximum atomic E-state index is 12.2. The van der Waals surface area contributed by atoms with Gasteiger partial charge < -0.3 is 10.1 Å². The largest absolute Gasteiger partial charge is 0.448 e. The molecule has 0 aliphatic heterocycles. The molecule has 1 aromatic heterocycles. The second-order valence-corrected chi connectivity index (χ2v) is 6.98. The van der Waals surface area contributed by atoms with Gasteiger partial charge in [-0.1, -0.05) is 48.0 Å². The number of amides is 1. The predicted molar refractivity (Wildman–Crippen MR) is 99.7 cm³/mol. The zero-order valence-electron chi connectivity index (χ0n) is 14.1. The van der Waals surface area contributed by atoms with Gasteiger partial charge in [-0.15, -0.1) is 11.3 Å². The van der Waals surface area contributed by atoms with Gasteiger partial charge in [-0.05, 0) is 36.9 Å². The van der Waals surface area contributed by atoms with E-state index in [0.717, 1.165) is 15.6 Å². The molecule has 4 nitrogen and oxygen atoms in total. The lowest BCUT2D eigenvalue weighted by Crippen LogP contribution is -2.35. The van der Waals surface area contributed by atoms with Gasteiger partial charge in [0.1, 0.15) is 4.88 Å². The van der Waals surface area contributed by atoms with Crippen LogP contribution in [0.5, 0.6) is 0 Å². The van der Waals surface area contributed by atoms with Crippen LogP contribution in [0, 0.1) is 6.92 Å². The highest BCUT2D eigenvalue weighted by Gasteiger charge is 2.20. The molecular formula is C20H19NO3S. The fourth-order valence-electron chi connectivity index (χ4n) is 2.39. The number of rotatable bonds is 5. The lowest BCUT2D eigenvalue weighted by molar-refractivity contribution is -0.129. The molecule has 1 atom stereocenters. The van der Waals surface area contributed by atoms with E-state index in [1.807, 2.05) is 55.5 Å². The Hall–Kier alpha value is -2.66. The third-order valence-corrected chi connectivity index (χ3v) is 4.96. The Morgan fingerprint density at radius 3 is 2.56 bits per heavy atom. The fourth-order valence-corrected chi connectivity index (χ4v) is 3.34. The molecule has 0 spiro atoms. The van der Waals surface area contributed by atoms with E-state index < -0.39 is 12.1 Å². The molecule has 0 aliphatic carbocycles. The van der Waals surface area contributed by atoms with Gasteiger partial charge in [0.05, 0.1) is 0 Å². The van der Waals surface area contributed by atoms with Crippen molar-refractivity contribution in [1.29, 1.82) is 0 Å². The number of hydrogen-bond acceptors (Lipinski definition) is 4. The molecule has 3 aromatic rings. The number of aryl methyl sites for hydroxylation is 1. The Morgan fingerprint density at radius 1 is 1.12 bits per heavy atom. The molecule has 5 heteroatoms. The number of benzene rings is 2. The minimum atomic E-state index is -0.844. The normalized spacial score (nSPS) is 11.9. The van der Waals surface area contributed by atoms with Crippen LogP contribution < -0.4 is 5.32 Å². The highest BCUT2D eigenvalue weighted by atomic mass is 32.1. The Morgan fingerprint density at radius 2 is 1.84 bits per heavy atom. The molecule has 3 rings (SSSR count). The van der Waals surface area contributed by atoms with Crippen molar-refractivity contribution >= 4 is 33.3 Å². The van der Waals surface area contributed by atoms with Crippen LogP contribution in [-0.2, 0) is 16.1 Å². The van der Waals surface area contributed by atoms with Gasteiger partial charge in [-0.25, -0.2) is 4.79 Å². The number of nitrogens with one attached hydrogen (secondary N) is 1. The first-order valence-corrected chi connectivity index (χ1v) is 8.87. The molecule has 0 aliphatic rings. The Balaban J connectivity index is 1.56. The maximum Gasteiger partial charge on any atom is 0.349 e. The Labute approximate surface area is 150 Å². The third kappa shape index (κ3) is 4.25. The van der Waals surface area contributed by atoms with Gasteiger partial charge in [0.15, 0.2) is 6.10 Å².